The first-order chi connectivity index (χ1) is 8.63. The number of halogens is 1. The maximum absolute atomic E-state index is 12.7. The van der Waals surface area contributed by atoms with Gasteiger partial charge in [-0.1, -0.05) is 11.8 Å². The fourth-order valence-corrected chi connectivity index (χ4v) is 2.12. The highest BCUT2D eigenvalue weighted by Crippen LogP contribution is 2.28. The van der Waals surface area contributed by atoms with E-state index < -0.39 is 6.10 Å². The Balaban J connectivity index is 1.86. The predicted octanol–water partition coefficient (Wildman–Crippen LogP) is 2.76. The smallest absolute Gasteiger partial charge is 0.123 e. The van der Waals surface area contributed by atoms with Crippen molar-refractivity contribution in [3.05, 3.63) is 30.1 Å². The van der Waals surface area contributed by atoms with Gasteiger partial charge in [-0.3, -0.25) is 0 Å². The highest BCUT2D eigenvalue weighted by atomic mass is 19.1. The van der Waals surface area contributed by atoms with Gasteiger partial charge in [-0.2, -0.15) is 0 Å². The average molecular weight is 248 g/mol. The van der Waals surface area contributed by atoms with Crippen molar-refractivity contribution >= 4 is 0 Å². The largest absolute Gasteiger partial charge is 0.490 e. The molecule has 1 N–H and O–H groups in total. The normalized spacial score (nSPS) is 24.2. The lowest BCUT2D eigenvalue weighted by Crippen LogP contribution is -2.11. The van der Waals surface area contributed by atoms with Crippen molar-refractivity contribution in [3.63, 3.8) is 0 Å². The van der Waals surface area contributed by atoms with E-state index in [1.54, 1.807) is 19.1 Å². The third-order valence-corrected chi connectivity index (χ3v) is 3.00. The molecule has 2 nitrogen and oxygen atoms in total. The Hall–Kier alpha value is -1.53. The van der Waals surface area contributed by atoms with Crippen LogP contribution in [-0.2, 0) is 0 Å². The maximum Gasteiger partial charge on any atom is 0.123 e. The molecule has 1 aliphatic carbocycles. The molecule has 3 atom stereocenters. The summed E-state index contributed by atoms with van der Waals surface area (Å²) >= 11 is 0. The summed E-state index contributed by atoms with van der Waals surface area (Å²) in [6.45, 7) is 1.66. The molecule has 2 rings (SSSR count). The second-order valence-corrected chi connectivity index (χ2v) is 4.67. The van der Waals surface area contributed by atoms with Crippen molar-refractivity contribution in [2.45, 2.75) is 38.4 Å². The first-order valence-corrected chi connectivity index (χ1v) is 6.25. The number of ether oxygens (including phenoxy) is 1. The van der Waals surface area contributed by atoms with Crippen molar-refractivity contribution in [1.82, 2.24) is 0 Å². The van der Waals surface area contributed by atoms with Gasteiger partial charge in [0.05, 0.1) is 6.10 Å². The van der Waals surface area contributed by atoms with E-state index in [-0.39, 0.29) is 11.9 Å². The minimum absolute atomic E-state index is 0.142. The molecule has 1 unspecified atom stereocenters. The Labute approximate surface area is 107 Å². The molecule has 1 aromatic carbocycles. The van der Waals surface area contributed by atoms with Gasteiger partial charge in [-0.15, -0.1) is 0 Å². The van der Waals surface area contributed by atoms with Crippen molar-refractivity contribution in [3.8, 4) is 17.6 Å². The zero-order chi connectivity index (χ0) is 13.0. The fraction of sp³-hybridized carbons (Fsp3) is 0.467. The van der Waals surface area contributed by atoms with Gasteiger partial charge in [0.25, 0.3) is 0 Å². The summed E-state index contributed by atoms with van der Waals surface area (Å²) in [5.41, 5.74) is 0. The van der Waals surface area contributed by atoms with Gasteiger partial charge < -0.3 is 9.84 Å². The summed E-state index contributed by atoms with van der Waals surface area (Å²) in [5, 5.41) is 9.10. The van der Waals surface area contributed by atoms with E-state index in [0.717, 1.165) is 19.3 Å². The minimum atomic E-state index is -0.568. The molecule has 96 valence electrons. The van der Waals surface area contributed by atoms with Crippen LogP contribution in [0.2, 0.25) is 0 Å². The Bertz CT molecular complexity index is 442. The van der Waals surface area contributed by atoms with Crippen LogP contribution in [0.5, 0.6) is 5.75 Å². The van der Waals surface area contributed by atoms with Crippen LogP contribution in [0, 0.1) is 23.6 Å². The van der Waals surface area contributed by atoms with Crippen molar-refractivity contribution in [1.29, 1.82) is 0 Å². The molecule has 1 aromatic rings. The Morgan fingerprint density at radius 2 is 2.06 bits per heavy atom. The third kappa shape index (κ3) is 3.75. The summed E-state index contributed by atoms with van der Waals surface area (Å²) in [6.07, 6.45) is 2.39. The lowest BCUT2D eigenvalue weighted by atomic mass is 10.1. The Kier molecular flexibility index (Phi) is 4.22. The quantitative estimate of drug-likeness (QED) is 0.815. The fourth-order valence-electron chi connectivity index (χ4n) is 2.12. The Morgan fingerprint density at radius 1 is 1.33 bits per heavy atom. The standard InChI is InChI=1S/C15H17FO2/c1-11(17)2-3-12-4-7-15(10-12)18-14-8-5-13(16)6-9-14/h5-6,8-9,11-12,15,17H,4,7,10H2,1H3/t11?,12-,15+/m1/s1. The highest BCUT2D eigenvalue weighted by Gasteiger charge is 2.24. The first kappa shape index (κ1) is 12.9. The van der Waals surface area contributed by atoms with Crippen LogP contribution >= 0.6 is 0 Å². The molecule has 0 aliphatic heterocycles. The van der Waals surface area contributed by atoms with E-state index in [1.807, 2.05) is 0 Å². The van der Waals surface area contributed by atoms with Crippen LogP contribution in [-0.4, -0.2) is 17.3 Å². The zero-order valence-electron chi connectivity index (χ0n) is 10.4. The summed E-state index contributed by atoms with van der Waals surface area (Å²) < 4.78 is 18.5. The van der Waals surface area contributed by atoms with Crippen LogP contribution < -0.4 is 4.74 Å². The molecule has 1 saturated carbocycles. The highest BCUT2D eigenvalue weighted by molar-refractivity contribution is 5.22. The van der Waals surface area contributed by atoms with Gasteiger partial charge >= 0.3 is 0 Å². The molecular formula is C15H17FO2. The molecule has 1 aliphatic rings. The van der Waals surface area contributed by atoms with E-state index >= 15 is 0 Å². The zero-order valence-corrected chi connectivity index (χ0v) is 10.4. The van der Waals surface area contributed by atoms with Crippen LogP contribution in [0.1, 0.15) is 26.2 Å². The van der Waals surface area contributed by atoms with E-state index in [0.29, 0.717) is 11.7 Å². The van der Waals surface area contributed by atoms with E-state index in [1.165, 1.54) is 12.1 Å². The molecule has 0 aromatic heterocycles. The van der Waals surface area contributed by atoms with Gasteiger partial charge in [0.15, 0.2) is 0 Å². The van der Waals surface area contributed by atoms with Gasteiger partial charge in [0.2, 0.25) is 0 Å². The van der Waals surface area contributed by atoms with Gasteiger partial charge in [0.1, 0.15) is 17.7 Å². The SMILES string of the molecule is CC(O)C#C[C@@H]1CC[C@H](Oc2ccc(F)cc2)C1. The van der Waals surface area contributed by atoms with Crippen molar-refractivity contribution in [2.24, 2.45) is 5.92 Å². The number of aliphatic hydroxyl groups is 1. The molecule has 3 heteroatoms. The van der Waals surface area contributed by atoms with Gasteiger partial charge in [-0.05, 0) is 50.5 Å². The van der Waals surface area contributed by atoms with Crippen LogP contribution in [0.25, 0.3) is 0 Å². The third-order valence-electron chi connectivity index (χ3n) is 3.00. The van der Waals surface area contributed by atoms with E-state index in [2.05, 4.69) is 11.8 Å². The van der Waals surface area contributed by atoms with E-state index in [9.17, 15) is 4.39 Å². The number of hydrogen-bond donors (Lipinski definition) is 1. The van der Waals surface area contributed by atoms with Crippen molar-refractivity contribution < 1.29 is 14.2 Å². The number of hydrogen-bond acceptors (Lipinski definition) is 2. The molecule has 0 bridgehead atoms. The molecular weight excluding hydrogens is 231 g/mol. The summed E-state index contributed by atoms with van der Waals surface area (Å²) in [4.78, 5) is 0. The molecule has 0 spiro atoms. The molecule has 0 saturated heterocycles. The summed E-state index contributed by atoms with van der Waals surface area (Å²) in [7, 11) is 0. The van der Waals surface area contributed by atoms with Gasteiger partial charge in [-0.25, -0.2) is 4.39 Å². The number of rotatable bonds is 2. The topological polar surface area (TPSA) is 29.5 Å². The van der Waals surface area contributed by atoms with Crippen LogP contribution in [0.3, 0.4) is 0 Å². The number of aliphatic hydroxyl groups excluding tert-OH is 1. The lowest BCUT2D eigenvalue weighted by Gasteiger charge is -2.12. The molecule has 0 amide bonds. The summed E-state index contributed by atoms with van der Waals surface area (Å²) in [6, 6.07) is 6.08. The Morgan fingerprint density at radius 3 is 2.72 bits per heavy atom. The lowest BCUT2D eigenvalue weighted by molar-refractivity contribution is 0.207. The van der Waals surface area contributed by atoms with Crippen LogP contribution in [0.4, 0.5) is 4.39 Å². The van der Waals surface area contributed by atoms with Crippen molar-refractivity contribution in [2.75, 3.05) is 0 Å². The molecule has 1 fully saturated rings. The van der Waals surface area contributed by atoms with Crippen LogP contribution in [0.15, 0.2) is 24.3 Å². The second kappa shape index (κ2) is 5.88. The van der Waals surface area contributed by atoms with Gasteiger partial charge in [0, 0.05) is 5.92 Å². The average Bonchev–Trinajstić information content (AvgIpc) is 2.77. The minimum Gasteiger partial charge on any atom is -0.490 e. The van der Waals surface area contributed by atoms with E-state index in [4.69, 9.17) is 9.84 Å². The molecule has 0 heterocycles. The predicted molar refractivity (Wildman–Crippen MR) is 67.6 cm³/mol. The molecule has 18 heavy (non-hydrogen) atoms. The maximum atomic E-state index is 12.7. The first-order valence-electron chi connectivity index (χ1n) is 6.25. The number of benzene rings is 1. The molecule has 0 radical (unpaired) electrons. The monoisotopic (exact) mass is 248 g/mol. The second-order valence-electron chi connectivity index (χ2n) is 4.67. The summed E-state index contributed by atoms with van der Waals surface area (Å²) in [5.74, 6) is 6.59.